The molecule has 37 heavy (non-hydrogen) atoms. The highest BCUT2D eigenvalue weighted by Gasteiger charge is 2.35. The quantitative estimate of drug-likeness (QED) is 0.496. The number of rotatable bonds is 9. The predicted molar refractivity (Wildman–Crippen MR) is 140 cm³/mol. The van der Waals surface area contributed by atoms with E-state index in [1.807, 2.05) is 0 Å². The zero-order valence-corrected chi connectivity index (χ0v) is 23.1. The molecule has 0 aliphatic carbocycles. The van der Waals surface area contributed by atoms with E-state index in [1.54, 1.807) is 37.3 Å². The average Bonchev–Trinajstić information content (AvgIpc) is 3.45. The summed E-state index contributed by atoms with van der Waals surface area (Å²) in [5, 5.41) is 3.15. The Morgan fingerprint density at radius 1 is 0.973 bits per heavy atom. The summed E-state index contributed by atoms with van der Waals surface area (Å²) in [7, 11) is -7.40. The fourth-order valence-electron chi connectivity index (χ4n) is 4.66. The van der Waals surface area contributed by atoms with E-state index in [4.69, 9.17) is 16.3 Å². The lowest BCUT2D eigenvalue weighted by Gasteiger charge is -2.31. The van der Waals surface area contributed by atoms with Gasteiger partial charge in [-0.15, -0.1) is 0 Å². The molecule has 0 spiro atoms. The highest BCUT2D eigenvalue weighted by atomic mass is 35.5. The second-order valence-electron chi connectivity index (χ2n) is 9.20. The number of ether oxygens (including phenoxy) is 1. The first kappa shape index (κ1) is 27.8. The number of carbonyl (C=O) groups is 1. The van der Waals surface area contributed by atoms with Gasteiger partial charge in [0.15, 0.2) is 0 Å². The molecule has 0 unspecified atom stereocenters. The number of sulfonamides is 2. The Kier molecular flexibility index (Phi) is 8.80. The lowest BCUT2D eigenvalue weighted by Crippen LogP contribution is -2.45. The maximum Gasteiger partial charge on any atom is 0.246 e. The minimum absolute atomic E-state index is 0.00752. The van der Waals surface area contributed by atoms with Gasteiger partial charge in [0, 0.05) is 37.7 Å². The van der Waals surface area contributed by atoms with Crippen LogP contribution < -0.4 is 10.1 Å². The van der Waals surface area contributed by atoms with Crippen molar-refractivity contribution in [3.63, 3.8) is 0 Å². The molecular formula is C25H32ClN3O6S2. The number of halogens is 1. The number of piperidine rings is 1. The molecule has 1 amide bonds. The van der Waals surface area contributed by atoms with Crippen LogP contribution >= 0.6 is 11.6 Å². The number of hydrogen-bond acceptors (Lipinski definition) is 6. The van der Waals surface area contributed by atoms with Gasteiger partial charge in [-0.25, -0.2) is 16.8 Å². The smallest absolute Gasteiger partial charge is 0.246 e. The second-order valence-corrected chi connectivity index (χ2v) is 13.5. The van der Waals surface area contributed by atoms with Crippen molar-refractivity contribution in [2.24, 2.45) is 5.92 Å². The van der Waals surface area contributed by atoms with Gasteiger partial charge in [-0.1, -0.05) is 23.7 Å². The van der Waals surface area contributed by atoms with Crippen LogP contribution in [0.25, 0.3) is 0 Å². The fourth-order valence-corrected chi connectivity index (χ4v) is 8.10. The van der Waals surface area contributed by atoms with E-state index in [0.717, 1.165) is 18.4 Å². The number of carbonyl (C=O) groups excluding carboxylic acids is 1. The Morgan fingerprint density at radius 3 is 2.32 bits per heavy atom. The van der Waals surface area contributed by atoms with Crippen LogP contribution in [0.1, 0.15) is 38.2 Å². The Balaban J connectivity index is 1.39. The maximum atomic E-state index is 13.4. The van der Waals surface area contributed by atoms with Gasteiger partial charge in [-0.3, -0.25) is 4.79 Å². The van der Waals surface area contributed by atoms with E-state index in [1.165, 1.54) is 20.7 Å². The molecule has 0 radical (unpaired) electrons. The molecule has 2 saturated heterocycles. The molecule has 202 valence electrons. The largest absolute Gasteiger partial charge is 0.492 e. The Bertz CT molecular complexity index is 1330. The summed E-state index contributed by atoms with van der Waals surface area (Å²) in [5.74, 6) is -0.522. The third-order valence-electron chi connectivity index (χ3n) is 6.67. The van der Waals surface area contributed by atoms with Gasteiger partial charge in [0.2, 0.25) is 26.0 Å². The molecule has 1 N–H and O–H groups in total. The second kappa shape index (κ2) is 11.7. The van der Waals surface area contributed by atoms with Gasteiger partial charge in [0.25, 0.3) is 0 Å². The Labute approximate surface area is 223 Å². The molecule has 1 atom stereocenters. The Hall–Kier alpha value is -2.18. The lowest BCUT2D eigenvalue weighted by atomic mass is 9.99. The first-order valence-electron chi connectivity index (χ1n) is 12.4. The van der Waals surface area contributed by atoms with Crippen LogP contribution in [0.4, 0.5) is 0 Å². The molecule has 0 bridgehead atoms. The number of nitrogens with zero attached hydrogens (tertiary/aromatic N) is 2. The molecule has 2 aromatic carbocycles. The summed E-state index contributed by atoms with van der Waals surface area (Å²) in [5.41, 5.74) is 0.759. The van der Waals surface area contributed by atoms with Gasteiger partial charge in [-0.2, -0.15) is 8.61 Å². The van der Waals surface area contributed by atoms with Crippen molar-refractivity contribution in [3.05, 3.63) is 53.1 Å². The molecule has 2 heterocycles. The van der Waals surface area contributed by atoms with E-state index in [2.05, 4.69) is 5.32 Å². The van der Waals surface area contributed by atoms with Gasteiger partial charge >= 0.3 is 0 Å². The molecule has 2 fully saturated rings. The van der Waals surface area contributed by atoms with E-state index >= 15 is 0 Å². The van der Waals surface area contributed by atoms with Crippen molar-refractivity contribution in [3.8, 4) is 5.75 Å². The Morgan fingerprint density at radius 2 is 1.65 bits per heavy atom. The van der Waals surface area contributed by atoms with Gasteiger partial charge in [0.1, 0.15) is 10.6 Å². The average molecular weight is 570 g/mol. The van der Waals surface area contributed by atoms with Crippen LogP contribution in [0, 0.1) is 5.92 Å². The molecule has 0 aromatic heterocycles. The summed E-state index contributed by atoms with van der Waals surface area (Å²) < 4.78 is 60.5. The zero-order chi connectivity index (χ0) is 26.6. The number of nitrogens with one attached hydrogen (secondary N) is 1. The van der Waals surface area contributed by atoms with Crippen molar-refractivity contribution in [2.75, 3.05) is 32.8 Å². The van der Waals surface area contributed by atoms with Crippen molar-refractivity contribution in [2.45, 2.75) is 48.9 Å². The van der Waals surface area contributed by atoms with Crippen LogP contribution in [0.2, 0.25) is 5.02 Å². The van der Waals surface area contributed by atoms with Crippen molar-refractivity contribution in [1.29, 1.82) is 0 Å². The summed E-state index contributed by atoms with van der Waals surface area (Å²) in [6.07, 6.45) is 2.86. The molecule has 0 saturated carbocycles. The third-order valence-corrected chi connectivity index (χ3v) is 10.7. The third kappa shape index (κ3) is 6.28. The predicted octanol–water partition coefficient (Wildman–Crippen LogP) is 3.24. The van der Waals surface area contributed by atoms with Crippen LogP contribution in [-0.2, 0) is 31.4 Å². The van der Waals surface area contributed by atoms with Crippen LogP contribution in [0.5, 0.6) is 5.75 Å². The van der Waals surface area contributed by atoms with Crippen LogP contribution in [0.15, 0.2) is 52.3 Å². The topological polar surface area (TPSA) is 113 Å². The molecule has 2 aromatic rings. The summed E-state index contributed by atoms with van der Waals surface area (Å²) in [4.78, 5) is 13.2. The monoisotopic (exact) mass is 569 g/mol. The van der Waals surface area contributed by atoms with Gasteiger partial charge in [0.05, 0.1) is 17.4 Å². The summed E-state index contributed by atoms with van der Waals surface area (Å²) >= 11 is 6.07. The zero-order valence-electron chi connectivity index (χ0n) is 20.7. The minimum atomic E-state index is -3.91. The first-order chi connectivity index (χ1) is 17.6. The standard InChI is InChI=1S/C25H32ClN3O6S2/c1-2-35-23-12-9-21(26)16-24(23)37(33,34)29-15-5-6-20(18-29)25(30)27-17-19-7-10-22(11-8-19)36(31,32)28-13-3-4-14-28/h7-12,16,20H,2-6,13-15,17-18H2,1H3,(H,27,30)/t20-/m1/s1. The molecule has 2 aliphatic heterocycles. The molecule has 9 nitrogen and oxygen atoms in total. The molecule has 2 aliphatic rings. The van der Waals surface area contributed by atoms with E-state index in [-0.39, 0.29) is 39.6 Å². The normalized spacial score (nSPS) is 19.6. The van der Waals surface area contributed by atoms with E-state index in [9.17, 15) is 21.6 Å². The number of benzene rings is 2. The fraction of sp³-hybridized carbons (Fsp3) is 0.480. The van der Waals surface area contributed by atoms with Gasteiger partial charge in [-0.05, 0) is 68.5 Å². The molecular weight excluding hydrogens is 538 g/mol. The lowest BCUT2D eigenvalue weighted by molar-refractivity contribution is -0.126. The highest BCUT2D eigenvalue weighted by molar-refractivity contribution is 7.89. The molecule has 12 heteroatoms. The minimum Gasteiger partial charge on any atom is -0.492 e. The highest BCUT2D eigenvalue weighted by Crippen LogP contribution is 2.32. The van der Waals surface area contributed by atoms with Gasteiger partial charge < -0.3 is 10.1 Å². The van der Waals surface area contributed by atoms with Crippen LogP contribution in [0.3, 0.4) is 0 Å². The molecule has 4 rings (SSSR count). The van der Waals surface area contributed by atoms with Crippen molar-refractivity contribution < 1.29 is 26.4 Å². The number of amides is 1. The maximum absolute atomic E-state index is 13.4. The van der Waals surface area contributed by atoms with Crippen molar-refractivity contribution in [1.82, 2.24) is 13.9 Å². The van der Waals surface area contributed by atoms with Crippen LogP contribution in [-0.4, -0.2) is 64.1 Å². The first-order valence-corrected chi connectivity index (χ1v) is 15.7. The van der Waals surface area contributed by atoms with Crippen molar-refractivity contribution >= 4 is 37.6 Å². The SMILES string of the molecule is CCOc1ccc(Cl)cc1S(=O)(=O)N1CCC[C@@H](C(=O)NCc2ccc(S(=O)(=O)N3CCCC3)cc2)C1. The number of hydrogen-bond donors (Lipinski definition) is 1. The summed E-state index contributed by atoms with van der Waals surface area (Å²) in [6.45, 7) is 3.73. The van der Waals surface area contributed by atoms with E-state index < -0.39 is 26.0 Å². The summed E-state index contributed by atoms with van der Waals surface area (Å²) in [6, 6.07) is 11.0. The van der Waals surface area contributed by atoms with E-state index in [0.29, 0.717) is 39.1 Å².